The Morgan fingerprint density at radius 2 is 1.76 bits per heavy atom. The third-order valence-corrected chi connectivity index (χ3v) is 3.43. The summed E-state index contributed by atoms with van der Waals surface area (Å²) in [5.41, 5.74) is 12.0. The Hall–Kier alpha value is -2.54. The minimum absolute atomic E-state index is 0. The molecule has 0 atom stereocenters. The molecule has 0 aliphatic rings. The number of esters is 1. The van der Waals surface area contributed by atoms with Crippen LogP contribution in [0.3, 0.4) is 0 Å². The van der Waals surface area contributed by atoms with Crippen molar-refractivity contribution in [2.45, 2.75) is 6.54 Å². The molecular weight excluding hydrogens is 365 g/mol. The molecule has 0 unspecified atom stereocenters. The first-order valence-corrected chi connectivity index (χ1v) is 6.96. The summed E-state index contributed by atoms with van der Waals surface area (Å²) >= 11 is 0. The Bertz CT molecular complexity index is 909. The number of hydrogen-bond acceptors (Lipinski definition) is 5. The fourth-order valence-electron chi connectivity index (χ4n) is 2.41. The van der Waals surface area contributed by atoms with Crippen LogP contribution in [0.25, 0.3) is 21.9 Å². The molecule has 8 heteroatoms. The third kappa shape index (κ3) is 4.30. The third-order valence-electron chi connectivity index (χ3n) is 3.43. The maximum atomic E-state index is 12.1. The molecule has 1 aromatic heterocycles. The predicted molar refractivity (Wildman–Crippen MR) is 101 cm³/mol. The number of rotatable bonds is 3. The highest BCUT2D eigenvalue weighted by Crippen LogP contribution is 2.30. The minimum Gasteiger partial charge on any atom is -0.452 e. The summed E-state index contributed by atoms with van der Waals surface area (Å²) in [6, 6.07) is 14.7. The van der Waals surface area contributed by atoms with Crippen molar-refractivity contribution in [3.63, 3.8) is 0 Å². The van der Waals surface area contributed by atoms with E-state index in [9.17, 15) is 4.79 Å². The smallest absolute Gasteiger partial charge is 0.382 e. The molecule has 0 amide bonds. The van der Waals surface area contributed by atoms with E-state index in [4.69, 9.17) is 21.3 Å². The minimum atomic E-state index is -0.819. The number of ether oxygens (including phenoxy) is 1. The van der Waals surface area contributed by atoms with Crippen LogP contribution < -0.4 is 11.5 Å². The van der Waals surface area contributed by atoms with Gasteiger partial charge in [-0.25, -0.2) is 4.79 Å². The van der Waals surface area contributed by atoms with Gasteiger partial charge >= 0.3 is 5.97 Å². The molecule has 0 bridgehead atoms. The molecule has 0 spiro atoms. The van der Waals surface area contributed by atoms with Crippen LogP contribution >= 0.6 is 24.8 Å². The summed E-state index contributed by atoms with van der Waals surface area (Å²) < 4.78 is 10.1. The largest absolute Gasteiger partial charge is 0.452 e. The van der Waals surface area contributed by atoms with E-state index in [0.29, 0.717) is 11.3 Å². The summed E-state index contributed by atoms with van der Waals surface area (Å²) in [6.07, 6.45) is 0. The number of hydrogen-bond donors (Lipinski definition) is 3. The fourth-order valence-corrected chi connectivity index (χ4v) is 2.41. The topological polar surface area (TPSA) is 115 Å². The van der Waals surface area contributed by atoms with Crippen LogP contribution in [-0.2, 0) is 11.3 Å². The molecule has 0 saturated carbocycles. The average molecular weight is 382 g/mol. The van der Waals surface area contributed by atoms with E-state index in [1.165, 1.54) is 0 Å². The Morgan fingerprint density at radius 1 is 1.08 bits per heavy atom. The van der Waals surface area contributed by atoms with Crippen molar-refractivity contribution in [3.8, 4) is 11.1 Å². The maximum absolute atomic E-state index is 12.1. The van der Waals surface area contributed by atoms with Crippen molar-refractivity contribution >= 4 is 47.6 Å². The number of amidine groups is 1. The van der Waals surface area contributed by atoms with E-state index >= 15 is 0 Å². The summed E-state index contributed by atoms with van der Waals surface area (Å²) in [5, 5.41) is 9.20. The molecule has 1 heterocycles. The van der Waals surface area contributed by atoms with Crippen LogP contribution in [0.15, 0.2) is 52.9 Å². The first-order valence-electron chi connectivity index (χ1n) is 6.96. The molecule has 0 fully saturated rings. The van der Waals surface area contributed by atoms with E-state index in [1.54, 1.807) is 6.07 Å². The number of carbonyl (C=O) groups is 1. The first kappa shape index (κ1) is 20.5. The standard InChI is InChI=1S/C17H15N3O3.2ClH/c18-9-13-8-14(15(22-13)16(21)23-17(19)20)12-6-5-10-3-1-2-4-11(10)7-12;;/h1-8H,9,18H2,(H3,19,20);2*1H. The van der Waals surface area contributed by atoms with Crippen LogP contribution in [0.4, 0.5) is 0 Å². The lowest BCUT2D eigenvalue weighted by Crippen LogP contribution is -2.19. The molecule has 6 nitrogen and oxygen atoms in total. The maximum Gasteiger partial charge on any atom is 0.382 e. The molecule has 3 rings (SSSR count). The van der Waals surface area contributed by atoms with Gasteiger partial charge in [0.1, 0.15) is 5.76 Å². The van der Waals surface area contributed by atoms with Gasteiger partial charge in [-0.05, 0) is 28.5 Å². The Labute approximate surface area is 156 Å². The predicted octanol–water partition coefficient (Wildman–Crippen LogP) is 3.45. The van der Waals surface area contributed by atoms with Crippen molar-refractivity contribution in [2.75, 3.05) is 0 Å². The van der Waals surface area contributed by atoms with Crippen LogP contribution in [0.2, 0.25) is 0 Å². The van der Waals surface area contributed by atoms with Crippen LogP contribution in [0.5, 0.6) is 0 Å². The zero-order chi connectivity index (χ0) is 16.4. The number of fused-ring (bicyclic) bond motifs is 1. The van der Waals surface area contributed by atoms with Crippen molar-refractivity contribution in [1.29, 1.82) is 5.41 Å². The highest BCUT2D eigenvalue weighted by Gasteiger charge is 2.22. The molecule has 0 aliphatic carbocycles. The van der Waals surface area contributed by atoms with Gasteiger partial charge in [0.05, 0.1) is 6.54 Å². The van der Waals surface area contributed by atoms with Gasteiger partial charge in [0.25, 0.3) is 6.02 Å². The van der Waals surface area contributed by atoms with Gasteiger partial charge < -0.3 is 20.6 Å². The summed E-state index contributed by atoms with van der Waals surface area (Å²) in [7, 11) is 0. The average Bonchev–Trinajstić information content (AvgIpc) is 2.98. The zero-order valence-corrected chi connectivity index (χ0v) is 14.7. The van der Waals surface area contributed by atoms with Gasteiger partial charge in [-0.2, -0.15) is 0 Å². The molecule has 5 N–H and O–H groups in total. The number of carbonyl (C=O) groups excluding carboxylic acids is 1. The van der Waals surface area contributed by atoms with E-state index in [0.717, 1.165) is 16.3 Å². The number of nitrogens with one attached hydrogen (secondary N) is 1. The molecule has 3 aromatic rings. The lowest BCUT2D eigenvalue weighted by Gasteiger charge is -2.04. The monoisotopic (exact) mass is 381 g/mol. The van der Waals surface area contributed by atoms with Gasteiger partial charge in [-0.3, -0.25) is 5.41 Å². The molecule has 0 saturated heterocycles. The van der Waals surface area contributed by atoms with Crippen molar-refractivity contribution in [1.82, 2.24) is 0 Å². The molecule has 0 aliphatic heterocycles. The van der Waals surface area contributed by atoms with Crippen molar-refractivity contribution in [3.05, 3.63) is 60.1 Å². The Morgan fingerprint density at radius 3 is 2.40 bits per heavy atom. The zero-order valence-electron chi connectivity index (χ0n) is 13.0. The Balaban J connectivity index is 0.00000156. The van der Waals surface area contributed by atoms with Crippen LogP contribution in [0.1, 0.15) is 16.3 Å². The number of benzene rings is 2. The molecule has 0 radical (unpaired) electrons. The van der Waals surface area contributed by atoms with Crippen molar-refractivity contribution < 1.29 is 13.9 Å². The quantitative estimate of drug-likeness (QED) is 0.365. The summed E-state index contributed by atoms with van der Waals surface area (Å²) in [4.78, 5) is 12.1. The van der Waals surface area contributed by atoms with Gasteiger partial charge in [-0.15, -0.1) is 24.8 Å². The first-order chi connectivity index (χ1) is 11.1. The van der Waals surface area contributed by atoms with Crippen LogP contribution in [0, 0.1) is 5.41 Å². The number of nitrogens with two attached hydrogens (primary N) is 2. The van der Waals surface area contributed by atoms with Gasteiger partial charge in [-0.1, -0.05) is 36.4 Å². The Kier molecular flexibility index (Phi) is 6.99. The normalized spacial score (nSPS) is 9.80. The van der Waals surface area contributed by atoms with Gasteiger partial charge in [0, 0.05) is 5.56 Å². The van der Waals surface area contributed by atoms with Gasteiger partial charge in [0.15, 0.2) is 0 Å². The van der Waals surface area contributed by atoms with Gasteiger partial charge in [0.2, 0.25) is 5.76 Å². The second-order valence-corrected chi connectivity index (χ2v) is 4.98. The molecular formula is C17H17Cl2N3O3. The van der Waals surface area contributed by atoms with E-state index in [-0.39, 0.29) is 37.1 Å². The number of halogens is 2. The van der Waals surface area contributed by atoms with E-state index in [2.05, 4.69) is 4.74 Å². The SMILES string of the molecule is Cl.Cl.N=C(N)OC(=O)c1oc(CN)cc1-c1ccc2ccccc2c1. The second-order valence-electron chi connectivity index (χ2n) is 4.98. The second kappa shape index (κ2) is 8.53. The lowest BCUT2D eigenvalue weighted by atomic mass is 10.0. The highest BCUT2D eigenvalue weighted by molar-refractivity contribution is 6.00. The number of furan rings is 1. The van der Waals surface area contributed by atoms with E-state index < -0.39 is 12.0 Å². The molecule has 2 aromatic carbocycles. The van der Waals surface area contributed by atoms with Crippen LogP contribution in [-0.4, -0.2) is 12.0 Å². The van der Waals surface area contributed by atoms with Crippen molar-refractivity contribution in [2.24, 2.45) is 11.5 Å². The lowest BCUT2D eigenvalue weighted by molar-refractivity contribution is 0.0677. The molecule has 25 heavy (non-hydrogen) atoms. The summed E-state index contributed by atoms with van der Waals surface area (Å²) in [5.74, 6) is -0.389. The van der Waals surface area contributed by atoms with E-state index in [1.807, 2.05) is 42.5 Å². The fraction of sp³-hybridized carbons (Fsp3) is 0.0588. The highest BCUT2D eigenvalue weighted by atomic mass is 35.5. The summed E-state index contributed by atoms with van der Waals surface area (Å²) in [6.45, 7) is 0.147. The molecule has 132 valence electrons.